The summed E-state index contributed by atoms with van der Waals surface area (Å²) in [6, 6.07) is 19.0. The van der Waals surface area contributed by atoms with Crippen LogP contribution in [0.15, 0.2) is 54.6 Å². The third-order valence-corrected chi connectivity index (χ3v) is 2.86. The van der Waals surface area contributed by atoms with E-state index in [0.29, 0.717) is 0 Å². The third kappa shape index (κ3) is 11.1. The van der Waals surface area contributed by atoms with E-state index in [0.717, 1.165) is 0 Å². The number of hydrogen-bond acceptors (Lipinski definition) is 0. The average Bonchev–Trinajstić information content (AvgIpc) is 2.52. The molecule has 0 amide bonds. The second kappa shape index (κ2) is 13.1. The lowest BCUT2D eigenvalue weighted by atomic mass is 9.87. The fourth-order valence-electron chi connectivity index (χ4n) is 1.59. The van der Waals surface area contributed by atoms with Crippen molar-refractivity contribution in [1.29, 1.82) is 0 Å². The summed E-state index contributed by atoms with van der Waals surface area (Å²) in [5.41, 5.74) is 4.34. The van der Waals surface area contributed by atoms with E-state index in [4.69, 9.17) is 0 Å². The second-order valence-electron chi connectivity index (χ2n) is 5.77. The van der Waals surface area contributed by atoms with Gasteiger partial charge in [-0.1, -0.05) is 114 Å². The Morgan fingerprint density at radius 2 is 0.909 bits per heavy atom. The van der Waals surface area contributed by atoms with Gasteiger partial charge in [0.1, 0.15) is 0 Å². The maximum absolute atomic E-state index is 2.23. The summed E-state index contributed by atoms with van der Waals surface area (Å²) in [7, 11) is 0. The molecule has 0 spiro atoms. The van der Waals surface area contributed by atoms with E-state index in [1.54, 1.807) is 0 Å². The number of hydrogen-bond donors (Lipinski definition) is 0. The van der Waals surface area contributed by atoms with E-state index in [1.807, 2.05) is 45.9 Å². The Labute approximate surface area is 139 Å². The van der Waals surface area contributed by atoms with Crippen LogP contribution in [-0.4, -0.2) is 0 Å². The van der Waals surface area contributed by atoms with Crippen LogP contribution < -0.4 is 0 Å². The smallest absolute Gasteiger partial charge is 0.0132 e. The first kappa shape index (κ1) is 22.7. The molecule has 0 aliphatic rings. The number of rotatable bonds is 0. The zero-order chi connectivity index (χ0) is 17.6. The lowest BCUT2D eigenvalue weighted by Crippen LogP contribution is -2.10. The highest BCUT2D eigenvalue weighted by Gasteiger charge is 2.11. The number of benzene rings is 2. The quantitative estimate of drug-likeness (QED) is 0.477. The molecule has 0 aromatic heterocycles. The molecule has 0 atom stereocenters. The van der Waals surface area contributed by atoms with E-state index in [2.05, 4.69) is 71.0 Å². The normalized spacial score (nSPS) is 9.14. The van der Waals surface area contributed by atoms with Crippen molar-refractivity contribution in [3.05, 3.63) is 71.3 Å². The predicted octanol–water partition coefficient (Wildman–Crippen LogP) is 7.34. The Balaban J connectivity index is 0. The van der Waals surface area contributed by atoms with Crippen LogP contribution in [0, 0.1) is 13.8 Å². The minimum atomic E-state index is 0.285. The van der Waals surface area contributed by atoms with Crippen molar-refractivity contribution in [2.45, 2.75) is 67.7 Å². The summed E-state index contributed by atoms with van der Waals surface area (Å²) in [5, 5.41) is 0. The van der Waals surface area contributed by atoms with Crippen LogP contribution in [0.1, 0.15) is 65.2 Å². The van der Waals surface area contributed by atoms with Crippen molar-refractivity contribution in [2.24, 2.45) is 0 Å². The van der Waals surface area contributed by atoms with Gasteiger partial charge in [-0.25, -0.2) is 0 Å². The van der Waals surface area contributed by atoms with Crippen LogP contribution in [0.5, 0.6) is 0 Å². The van der Waals surface area contributed by atoms with Crippen LogP contribution in [0.2, 0.25) is 0 Å². The molecule has 2 rings (SSSR count). The Hall–Kier alpha value is -1.56. The highest BCUT2D eigenvalue weighted by atomic mass is 14.2. The van der Waals surface area contributed by atoms with Crippen molar-refractivity contribution >= 4 is 0 Å². The van der Waals surface area contributed by atoms with Crippen molar-refractivity contribution in [3.8, 4) is 0 Å². The first-order valence-electron chi connectivity index (χ1n) is 8.48. The molecule has 2 aromatic carbocycles. The molecule has 0 radical (unpaired) electrons. The first-order chi connectivity index (χ1) is 10.4. The van der Waals surface area contributed by atoms with Gasteiger partial charge in [0.05, 0.1) is 0 Å². The van der Waals surface area contributed by atoms with E-state index in [-0.39, 0.29) is 5.41 Å². The van der Waals surface area contributed by atoms with Gasteiger partial charge < -0.3 is 0 Å². The molecule has 0 nitrogen and oxygen atoms in total. The summed E-state index contributed by atoms with van der Waals surface area (Å²) in [4.78, 5) is 0. The molecule has 0 saturated carbocycles. The molecule has 0 N–H and O–H groups in total. The molecule has 22 heavy (non-hydrogen) atoms. The van der Waals surface area contributed by atoms with Gasteiger partial charge >= 0.3 is 0 Å². The summed E-state index contributed by atoms with van der Waals surface area (Å²) in [6.07, 6.45) is 0. The molecule has 0 saturated heterocycles. The van der Waals surface area contributed by atoms with Crippen LogP contribution in [0.3, 0.4) is 0 Å². The summed E-state index contributed by atoms with van der Waals surface area (Å²) < 4.78 is 0. The first-order valence-corrected chi connectivity index (χ1v) is 8.48. The molecular weight excluding hydrogens is 264 g/mol. The Kier molecular flexibility index (Phi) is 13.6. The van der Waals surface area contributed by atoms with E-state index in [1.165, 1.54) is 16.7 Å². The van der Waals surface area contributed by atoms with Gasteiger partial charge in [-0.3, -0.25) is 0 Å². The highest BCUT2D eigenvalue weighted by molar-refractivity contribution is 5.26. The zero-order valence-electron chi connectivity index (χ0n) is 16.2. The second-order valence-corrected chi connectivity index (χ2v) is 5.77. The molecule has 0 heterocycles. The van der Waals surface area contributed by atoms with Gasteiger partial charge in [-0.15, -0.1) is 0 Å². The number of aryl methyl sites for hydroxylation is 2. The highest BCUT2D eigenvalue weighted by Crippen LogP contribution is 2.21. The summed E-state index contributed by atoms with van der Waals surface area (Å²) in [5.74, 6) is 0. The molecule has 124 valence electrons. The minimum absolute atomic E-state index is 0.285. The van der Waals surface area contributed by atoms with Crippen molar-refractivity contribution < 1.29 is 0 Å². The Bertz CT molecular complexity index is 444. The predicted molar refractivity (Wildman–Crippen MR) is 104 cm³/mol. The third-order valence-electron chi connectivity index (χ3n) is 2.86. The van der Waals surface area contributed by atoms with Crippen LogP contribution in [0.25, 0.3) is 0 Å². The standard InChI is InChI=1S/C11H16.C7H8.2C2H6/c1-9-5-7-10(8-6-9)11(2,3)4;1-7-5-3-2-4-6-7;2*1-2/h5-8H,1-4H3;2-6H,1H3;2*1-2H3. The monoisotopic (exact) mass is 300 g/mol. The molecule has 0 aliphatic heterocycles. The lowest BCUT2D eigenvalue weighted by molar-refractivity contribution is 0.590. The van der Waals surface area contributed by atoms with Crippen LogP contribution in [-0.2, 0) is 5.41 Å². The fourth-order valence-corrected chi connectivity index (χ4v) is 1.59. The minimum Gasteiger partial charge on any atom is -0.0683 e. The maximum Gasteiger partial charge on any atom is -0.0132 e. The SMILES string of the molecule is CC.CC.Cc1ccc(C(C)(C)C)cc1.Cc1ccccc1. The van der Waals surface area contributed by atoms with Gasteiger partial charge in [-0.05, 0) is 24.8 Å². The Morgan fingerprint density at radius 3 is 1.18 bits per heavy atom. The van der Waals surface area contributed by atoms with E-state index >= 15 is 0 Å². The summed E-state index contributed by atoms with van der Waals surface area (Å²) >= 11 is 0. The zero-order valence-corrected chi connectivity index (χ0v) is 16.2. The average molecular weight is 301 g/mol. The van der Waals surface area contributed by atoms with E-state index in [9.17, 15) is 0 Å². The summed E-state index contributed by atoms with van der Waals surface area (Å²) in [6.45, 7) is 18.9. The van der Waals surface area contributed by atoms with E-state index < -0.39 is 0 Å². The molecule has 0 bridgehead atoms. The fraction of sp³-hybridized carbons (Fsp3) is 0.455. The molecule has 2 aromatic rings. The Morgan fingerprint density at radius 1 is 0.545 bits per heavy atom. The largest absolute Gasteiger partial charge is 0.0683 e. The van der Waals surface area contributed by atoms with Crippen LogP contribution in [0.4, 0.5) is 0 Å². The maximum atomic E-state index is 2.23. The van der Waals surface area contributed by atoms with Crippen LogP contribution >= 0.6 is 0 Å². The lowest BCUT2D eigenvalue weighted by Gasteiger charge is -2.18. The molecule has 0 fully saturated rings. The van der Waals surface area contributed by atoms with Gasteiger partial charge in [0.15, 0.2) is 0 Å². The van der Waals surface area contributed by atoms with Crippen molar-refractivity contribution in [3.63, 3.8) is 0 Å². The molecule has 0 unspecified atom stereocenters. The van der Waals surface area contributed by atoms with Gasteiger partial charge in [-0.2, -0.15) is 0 Å². The van der Waals surface area contributed by atoms with Gasteiger partial charge in [0, 0.05) is 0 Å². The topological polar surface area (TPSA) is 0 Å². The molecular formula is C22H36. The van der Waals surface area contributed by atoms with Crippen molar-refractivity contribution in [2.75, 3.05) is 0 Å². The molecule has 0 aliphatic carbocycles. The molecule has 0 heteroatoms. The van der Waals surface area contributed by atoms with Gasteiger partial charge in [0.25, 0.3) is 0 Å². The van der Waals surface area contributed by atoms with Crippen molar-refractivity contribution in [1.82, 2.24) is 0 Å². The van der Waals surface area contributed by atoms with Gasteiger partial charge in [0.2, 0.25) is 0 Å².